The Morgan fingerprint density at radius 2 is 1.63 bits per heavy atom. The molecule has 1 atom stereocenters. The molecule has 43 heavy (non-hydrogen) atoms. The van der Waals surface area contributed by atoms with Crippen molar-refractivity contribution in [2.75, 3.05) is 13.2 Å². The van der Waals surface area contributed by atoms with Crippen molar-refractivity contribution in [1.82, 2.24) is 19.1 Å². The molecule has 2 heterocycles. The summed E-state index contributed by atoms with van der Waals surface area (Å²) in [4.78, 5) is 24.5. The van der Waals surface area contributed by atoms with Crippen LogP contribution in [-0.4, -0.2) is 43.9 Å². The number of nitrogens with zero attached hydrogens (tertiary/aromatic N) is 5. The van der Waals surface area contributed by atoms with E-state index in [0.717, 1.165) is 12.5 Å². The molecule has 0 amide bonds. The van der Waals surface area contributed by atoms with E-state index in [0.29, 0.717) is 23.2 Å². The van der Waals surface area contributed by atoms with Crippen LogP contribution in [0.5, 0.6) is 5.75 Å². The van der Waals surface area contributed by atoms with Crippen molar-refractivity contribution in [1.29, 1.82) is 0 Å². The first-order valence-electron chi connectivity index (χ1n) is 13.2. The molecule has 0 aliphatic carbocycles. The zero-order valence-electron chi connectivity index (χ0n) is 24.1. The summed E-state index contributed by atoms with van der Waals surface area (Å²) in [6.07, 6.45) is 4.98. The van der Waals surface area contributed by atoms with Crippen LogP contribution in [0.2, 0.25) is 10.0 Å². The SMILES string of the molecule is CC(C)(C)C(=O)C(Oc1ccc(Cl)cc1)n1ccnc1.CCCOCC(=Nc1ccc(Cl)cc1C(F)(F)F)n1ccnc1. The summed E-state index contributed by atoms with van der Waals surface area (Å²) in [6.45, 7) is 8.10. The first-order valence-corrected chi connectivity index (χ1v) is 14.0. The van der Waals surface area contributed by atoms with Gasteiger partial charge >= 0.3 is 6.18 Å². The Hall–Kier alpha value is -3.67. The van der Waals surface area contributed by atoms with Crippen LogP contribution in [0.15, 0.2) is 84.9 Å². The van der Waals surface area contributed by atoms with E-state index in [4.69, 9.17) is 32.7 Å². The van der Waals surface area contributed by atoms with Gasteiger partial charge in [0.2, 0.25) is 6.23 Å². The van der Waals surface area contributed by atoms with E-state index in [9.17, 15) is 18.0 Å². The number of imidazole rings is 2. The number of hydrogen-bond acceptors (Lipinski definition) is 6. The van der Waals surface area contributed by atoms with Gasteiger partial charge in [-0.2, -0.15) is 13.2 Å². The van der Waals surface area contributed by atoms with Crippen molar-refractivity contribution in [3.05, 3.63) is 95.5 Å². The number of ketones is 1. The van der Waals surface area contributed by atoms with Crippen molar-refractivity contribution >= 4 is 40.5 Å². The van der Waals surface area contributed by atoms with Crippen LogP contribution in [-0.2, 0) is 15.7 Å². The highest BCUT2D eigenvalue weighted by molar-refractivity contribution is 6.31. The largest absolute Gasteiger partial charge is 0.463 e. The molecule has 4 aromatic rings. The monoisotopic (exact) mass is 637 g/mol. The summed E-state index contributed by atoms with van der Waals surface area (Å²) in [5.41, 5.74) is -1.62. The smallest absolute Gasteiger partial charge is 0.418 e. The lowest BCUT2D eigenvalue weighted by molar-refractivity contribution is -0.138. The molecular weight excluding hydrogens is 606 g/mol. The van der Waals surface area contributed by atoms with Crippen LogP contribution < -0.4 is 4.74 Å². The molecule has 0 fully saturated rings. The molecule has 1 unspecified atom stereocenters. The van der Waals surface area contributed by atoms with Gasteiger partial charge in [-0.15, -0.1) is 0 Å². The fourth-order valence-electron chi connectivity index (χ4n) is 3.53. The van der Waals surface area contributed by atoms with Gasteiger partial charge in [0.1, 0.15) is 24.5 Å². The van der Waals surface area contributed by atoms with Crippen LogP contribution in [0.25, 0.3) is 0 Å². The summed E-state index contributed by atoms with van der Waals surface area (Å²) >= 11 is 11.5. The molecule has 230 valence electrons. The van der Waals surface area contributed by atoms with E-state index in [1.165, 1.54) is 29.2 Å². The number of benzene rings is 2. The zero-order valence-corrected chi connectivity index (χ0v) is 25.6. The number of rotatable bonds is 9. The third-order valence-corrected chi connectivity index (χ3v) is 6.20. The Balaban J connectivity index is 0.000000238. The molecule has 0 bridgehead atoms. The Morgan fingerprint density at radius 3 is 2.19 bits per heavy atom. The number of alkyl halides is 3. The minimum atomic E-state index is -4.55. The topological polar surface area (TPSA) is 83.5 Å². The van der Waals surface area contributed by atoms with Gasteiger partial charge in [-0.1, -0.05) is 50.9 Å². The highest BCUT2D eigenvalue weighted by Crippen LogP contribution is 2.38. The zero-order chi connectivity index (χ0) is 31.6. The predicted molar refractivity (Wildman–Crippen MR) is 160 cm³/mol. The number of ether oxygens (including phenoxy) is 2. The molecule has 4 rings (SSSR count). The van der Waals surface area contributed by atoms with Crippen molar-refractivity contribution in [3.63, 3.8) is 0 Å². The lowest BCUT2D eigenvalue weighted by atomic mass is 9.89. The van der Waals surface area contributed by atoms with Gasteiger partial charge < -0.3 is 9.47 Å². The number of halogens is 5. The molecule has 0 spiro atoms. The van der Waals surface area contributed by atoms with Gasteiger partial charge in [0.05, 0.1) is 17.6 Å². The average molecular weight is 639 g/mol. The molecule has 0 N–H and O–H groups in total. The predicted octanol–water partition coefficient (Wildman–Crippen LogP) is 8.29. The lowest BCUT2D eigenvalue weighted by Gasteiger charge is -2.26. The van der Waals surface area contributed by atoms with E-state index in [1.54, 1.807) is 53.8 Å². The third-order valence-electron chi connectivity index (χ3n) is 5.72. The lowest BCUT2D eigenvalue weighted by Crippen LogP contribution is -2.33. The molecule has 0 saturated heterocycles. The maximum Gasteiger partial charge on any atom is 0.418 e. The second kappa shape index (κ2) is 15.2. The standard InChI is InChI=1S/C15H15ClF3N3O.C15H17ClN2O2/c1-2-7-23-9-14(22-6-5-20-10-22)21-13-4-3-11(16)8-12(13)15(17,18)19;1-15(2,3)13(19)14(18-9-8-17-10-18)20-12-6-4-11(16)5-7-12/h3-6,8,10H,2,7,9H2,1H3;4-10,14H,1-3H3. The van der Waals surface area contributed by atoms with Crippen molar-refractivity contribution in [2.24, 2.45) is 10.4 Å². The molecular formula is C30H32Cl2F3N5O3. The normalized spacial score (nSPS) is 12.8. The van der Waals surface area contributed by atoms with Gasteiger partial charge in [0, 0.05) is 46.9 Å². The van der Waals surface area contributed by atoms with Gasteiger partial charge in [0.25, 0.3) is 0 Å². The van der Waals surface area contributed by atoms with E-state index >= 15 is 0 Å². The highest BCUT2D eigenvalue weighted by atomic mass is 35.5. The highest BCUT2D eigenvalue weighted by Gasteiger charge is 2.34. The summed E-state index contributed by atoms with van der Waals surface area (Å²) < 4.78 is 53.8. The van der Waals surface area contributed by atoms with E-state index < -0.39 is 23.4 Å². The Labute approximate surface area is 258 Å². The maximum atomic E-state index is 13.1. The van der Waals surface area contributed by atoms with Crippen LogP contribution in [0.1, 0.15) is 45.9 Å². The molecule has 0 radical (unpaired) electrons. The third kappa shape index (κ3) is 10.2. The summed E-state index contributed by atoms with van der Waals surface area (Å²) in [7, 11) is 0. The maximum absolute atomic E-state index is 13.1. The minimum Gasteiger partial charge on any atom is -0.463 e. The van der Waals surface area contributed by atoms with Crippen molar-refractivity contribution in [2.45, 2.75) is 46.5 Å². The number of carbonyl (C=O) groups excluding carboxylic acids is 1. The molecule has 0 aliphatic heterocycles. The fourth-order valence-corrected chi connectivity index (χ4v) is 3.82. The summed E-state index contributed by atoms with van der Waals surface area (Å²) in [6, 6.07) is 10.4. The quantitative estimate of drug-likeness (QED) is 0.105. The number of carbonyl (C=O) groups is 1. The first-order chi connectivity index (χ1) is 20.3. The Bertz CT molecular complexity index is 1470. The number of hydrogen-bond donors (Lipinski definition) is 0. The Morgan fingerprint density at radius 1 is 0.977 bits per heavy atom. The molecule has 0 saturated carbocycles. The molecule has 8 nitrogen and oxygen atoms in total. The van der Waals surface area contributed by atoms with Crippen molar-refractivity contribution in [3.8, 4) is 5.75 Å². The molecule has 13 heteroatoms. The second-order valence-electron chi connectivity index (χ2n) is 10.3. The summed E-state index contributed by atoms with van der Waals surface area (Å²) in [5.74, 6) is 0.875. The molecule has 2 aromatic carbocycles. The van der Waals surface area contributed by atoms with Gasteiger partial charge in [0.15, 0.2) is 5.78 Å². The van der Waals surface area contributed by atoms with Gasteiger partial charge in [-0.3, -0.25) is 13.9 Å². The van der Waals surface area contributed by atoms with Crippen LogP contribution in [0, 0.1) is 5.41 Å². The van der Waals surface area contributed by atoms with Crippen molar-refractivity contribution < 1.29 is 27.4 Å². The first kappa shape index (κ1) is 33.8. The van der Waals surface area contributed by atoms with E-state index in [-0.39, 0.29) is 23.1 Å². The summed E-state index contributed by atoms with van der Waals surface area (Å²) in [5, 5.41) is 0.626. The molecule has 2 aromatic heterocycles. The van der Waals surface area contributed by atoms with Crippen LogP contribution in [0.4, 0.5) is 18.9 Å². The van der Waals surface area contributed by atoms with Crippen LogP contribution >= 0.6 is 23.2 Å². The number of aromatic nitrogens is 4. The van der Waals surface area contributed by atoms with Gasteiger partial charge in [-0.05, 0) is 48.9 Å². The average Bonchev–Trinajstić information content (AvgIpc) is 3.67. The van der Waals surface area contributed by atoms with E-state index in [1.807, 2.05) is 27.7 Å². The minimum absolute atomic E-state index is 0.00249. The Kier molecular flexibility index (Phi) is 11.9. The van der Waals surface area contributed by atoms with Crippen LogP contribution in [0.3, 0.4) is 0 Å². The number of Topliss-reactive ketones (excluding diaryl/α,β-unsaturated/α-hetero) is 1. The van der Waals surface area contributed by atoms with Gasteiger partial charge in [-0.25, -0.2) is 15.0 Å². The van der Waals surface area contributed by atoms with E-state index in [2.05, 4.69) is 15.0 Å². The fraction of sp³-hybridized carbons (Fsp3) is 0.333. The molecule has 0 aliphatic rings. The number of aliphatic imine (C=N–C) groups is 1. The second-order valence-corrected chi connectivity index (χ2v) is 11.1.